The molecular weight excluding hydrogens is 288 g/mol. The van der Waals surface area contributed by atoms with Gasteiger partial charge in [0.05, 0.1) is 6.04 Å². The van der Waals surface area contributed by atoms with Crippen LogP contribution in [0.25, 0.3) is 0 Å². The summed E-state index contributed by atoms with van der Waals surface area (Å²) in [7, 11) is 0. The van der Waals surface area contributed by atoms with Gasteiger partial charge in [0.2, 0.25) is 0 Å². The number of carbonyl (C=O) groups excluding carboxylic acids is 2. The van der Waals surface area contributed by atoms with E-state index in [-0.39, 0.29) is 23.9 Å². The highest BCUT2D eigenvalue weighted by Crippen LogP contribution is 2.26. The van der Waals surface area contributed by atoms with Gasteiger partial charge in [-0.3, -0.25) is 9.59 Å². The largest absolute Gasteiger partial charge is 0.330 e. The molecule has 2 atom stereocenters. The van der Waals surface area contributed by atoms with Crippen LogP contribution in [0.3, 0.4) is 0 Å². The second kappa shape index (κ2) is 8.94. The van der Waals surface area contributed by atoms with Gasteiger partial charge in [-0.15, -0.1) is 0 Å². The molecule has 0 amide bonds. The van der Waals surface area contributed by atoms with Gasteiger partial charge in [0.25, 0.3) is 0 Å². The summed E-state index contributed by atoms with van der Waals surface area (Å²) in [6.07, 6.45) is 2.11. The summed E-state index contributed by atoms with van der Waals surface area (Å²) in [5.41, 5.74) is 12.2. The van der Waals surface area contributed by atoms with Crippen molar-refractivity contribution >= 4 is 11.6 Å². The van der Waals surface area contributed by atoms with Crippen LogP contribution in [0.4, 0.5) is 0 Å². The average molecular weight is 318 g/mol. The predicted octanol–water partition coefficient (Wildman–Crippen LogP) is 2.49. The van der Waals surface area contributed by atoms with E-state index < -0.39 is 11.5 Å². The lowest BCUT2D eigenvalue weighted by molar-refractivity contribution is -0.134. The van der Waals surface area contributed by atoms with Crippen LogP contribution in [0.5, 0.6) is 0 Å². The number of ketones is 2. The SMILES string of the molecule is CC(C)(C)C(=O)C(CCCN)CC(=O)C(N)Cc1ccccc1. The van der Waals surface area contributed by atoms with Gasteiger partial charge in [-0.25, -0.2) is 0 Å². The molecule has 0 aromatic heterocycles. The van der Waals surface area contributed by atoms with Crippen molar-refractivity contribution in [1.29, 1.82) is 0 Å². The van der Waals surface area contributed by atoms with Crippen LogP contribution in [-0.4, -0.2) is 24.2 Å². The number of nitrogens with two attached hydrogens (primary N) is 2. The molecular formula is C19H30N2O2. The summed E-state index contributed by atoms with van der Waals surface area (Å²) in [4.78, 5) is 25.0. The van der Waals surface area contributed by atoms with Gasteiger partial charge >= 0.3 is 0 Å². The molecule has 0 aliphatic rings. The molecule has 4 nitrogen and oxygen atoms in total. The van der Waals surface area contributed by atoms with E-state index in [1.165, 1.54) is 0 Å². The van der Waals surface area contributed by atoms with Crippen molar-refractivity contribution in [3.63, 3.8) is 0 Å². The first-order valence-electron chi connectivity index (χ1n) is 8.32. The highest BCUT2D eigenvalue weighted by atomic mass is 16.1. The zero-order valence-electron chi connectivity index (χ0n) is 14.5. The zero-order valence-corrected chi connectivity index (χ0v) is 14.5. The molecule has 0 saturated carbocycles. The number of carbonyl (C=O) groups is 2. The molecule has 1 aromatic rings. The maximum absolute atomic E-state index is 12.6. The fourth-order valence-corrected chi connectivity index (χ4v) is 2.68. The maximum atomic E-state index is 12.6. The van der Waals surface area contributed by atoms with E-state index in [0.717, 1.165) is 12.0 Å². The van der Waals surface area contributed by atoms with E-state index in [2.05, 4.69) is 0 Å². The van der Waals surface area contributed by atoms with E-state index in [4.69, 9.17) is 11.5 Å². The van der Waals surface area contributed by atoms with E-state index >= 15 is 0 Å². The normalized spacial score (nSPS) is 14.3. The van der Waals surface area contributed by atoms with E-state index in [1.807, 2.05) is 51.1 Å². The predicted molar refractivity (Wildman–Crippen MR) is 94.0 cm³/mol. The standard InChI is InChI=1S/C19H30N2O2/c1-19(2,3)18(23)15(10-7-11-20)13-17(22)16(21)12-14-8-5-4-6-9-14/h4-6,8-9,15-16H,7,10-13,20-21H2,1-3H3. The van der Waals surface area contributed by atoms with Gasteiger partial charge in [-0.05, 0) is 31.4 Å². The zero-order chi connectivity index (χ0) is 17.5. The minimum absolute atomic E-state index is 0.0477. The average Bonchev–Trinajstić information content (AvgIpc) is 2.50. The Balaban J connectivity index is 2.70. The van der Waals surface area contributed by atoms with Crippen molar-refractivity contribution in [2.75, 3.05) is 6.54 Å². The van der Waals surface area contributed by atoms with Crippen LogP contribution in [0, 0.1) is 11.3 Å². The molecule has 0 spiro atoms. The number of hydrogen-bond donors (Lipinski definition) is 2. The Hall–Kier alpha value is -1.52. The third kappa shape index (κ3) is 6.63. The Kier molecular flexibility index (Phi) is 7.59. The van der Waals surface area contributed by atoms with E-state index in [9.17, 15) is 9.59 Å². The molecule has 0 radical (unpaired) electrons. The molecule has 0 aliphatic heterocycles. The van der Waals surface area contributed by atoms with Crippen LogP contribution in [0.1, 0.15) is 45.6 Å². The fourth-order valence-electron chi connectivity index (χ4n) is 2.68. The number of benzene rings is 1. The molecule has 1 aromatic carbocycles. The van der Waals surface area contributed by atoms with Crippen LogP contribution < -0.4 is 11.5 Å². The first-order valence-corrected chi connectivity index (χ1v) is 8.32. The minimum atomic E-state index is -0.564. The molecule has 4 N–H and O–H groups in total. The van der Waals surface area contributed by atoms with Crippen molar-refractivity contribution in [3.05, 3.63) is 35.9 Å². The highest BCUT2D eigenvalue weighted by Gasteiger charge is 2.31. The smallest absolute Gasteiger partial charge is 0.150 e. The third-order valence-corrected chi connectivity index (χ3v) is 4.03. The van der Waals surface area contributed by atoms with Crippen LogP contribution in [0.2, 0.25) is 0 Å². The van der Waals surface area contributed by atoms with Crippen LogP contribution in [0.15, 0.2) is 30.3 Å². The second-order valence-corrected chi connectivity index (χ2v) is 7.21. The lowest BCUT2D eigenvalue weighted by Crippen LogP contribution is -2.37. The summed E-state index contributed by atoms with van der Waals surface area (Å²) in [6.45, 7) is 6.19. The quantitative estimate of drug-likeness (QED) is 0.732. The second-order valence-electron chi connectivity index (χ2n) is 7.21. The maximum Gasteiger partial charge on any atom is 0.150 e. The van der Waals surface area contributed by atoms with Gasteiger partial charge in [0.15, 0.2) is 5.78 Å². The van der Waals surface area contributed by atoms with Crippen LogP contribution in [-0.2, 0) is 16.0 Å². The van der Waals surface area contributed by atoms with Gasteiger partial charge in [-0.1, -0.05) is 51.1 Å². The summed E-state index contributed by atoms with van der Waals surface area (Å²) in [6, 6.07) is 9.14. The first-order chi connectivity index (χ1) is 10.8. The lowest BCUT2D eigenvalue weighted by Gasteiger charge is -2.25. The molecule has 0 fully saturated rings. The van der Waals surface area contributed by atoms with Gasteiger partial charge in [-0.2, -0.15) is 0 Å². The molecule has 0 bridgehead atoms. The molecule has 0 aliphatic carbocycles. The van der Waals surface area contributed by atoms with Crippen molar-refractivity contribution in [3.8, 4) is 0 Å². The van der Waals surface area contributed by atoms with Crippen molar-refractivity contribution in [2.45, 2.75) is 52.5 Å². The summed E-state index contributed by atoms with van der Waals surface area (Å²) >= 11 is 0. The first kappa shape index (κ1) is 19.5. The lowest BCUT2D eigenvalue weighted by atomic mass is 9.78. The Labute approximate surface area is 139 Å². The monoisotopic (exact) mass is 318 g/mol. The van der Waals surface area contributed by atoms with Gasteiger partial charge in [0.1, 0.15) is 5.78 Å². The van der Waals surface area contributed by atoms with Crippen molar-refractivity contribution in [2.24, 2.45) is 22.8 Å². The summed E-state index contributed by atoms with van der Waals surface area (Å²) < 4.78 is 0. The number of rotatable bonds is 9. The Morgan fingerprint density at radius 1 is 1.13 bits per heavy atom. The molecule has 1 rings (SSSR count). The number of hydrogen-bond acceptors (Lipinski definition) is 4. The fraction of sp³-hybridized carbons (Fsp3) is 0.579. The third-order valence-electron chi connectivity index (χ3n) is 4.03. The molecule has 2 unspecified atom stereocenters. The van der Waals surface area contributed by atoms with Gasteiger partial charge in [0, 0.05) is 17.8 Å². The molecule has 23 heavy (non-hydrogen) atoms. The Bertz CT molecular complexity index is 506. The topological polar surface area (TPSA) is 86.2 Å². The van der Waals surface area contributed by atoms with Crippen LogP contribution >= 0.6 is 0 Å². The summed E-state index contributed by atoms with van der Waals surface area (Å²) in [5.74, 6) is -0.215. The Morgan fingerprint density at radius 2 is 1.74 bits per heavy atom. The van der Waals surface area contributed by atoms with Crippen molar-refractivity contribution in [1.82, 2.24) is 0 Å². The molecule has 0 saturated heterocycles. The minimum Gasteiger partial charge on any atom is -0.330 e. The summed E-state index contributed by atoms with van der Waals surface area (Å²) in [5, 5.41) is 0. The van der Waals surface area contributed by atoms with Gasteiger partial charge < -0.3 is 11.5 Å². The molecule has 4 heteroatoms. The molecule has 0 heterocycles. The van der Waals surface area contributed by atoms with E-state index in [1.54, 1.807) is 0 Å². The van der Waals surface area contributed by atoms with E-state index in [0.29, 0.717) is 19.4 Å². The molecule has 128 valence electrons. The highest BCUT2D eigenvalue weighted by molar-refractivity contribution is 5.92. The van der Waals surface area contributed by atoms with Crippen molar-refractivity contribution < 1.29 is 9.59 Å². The number of Topliss-reactive ketones (excluding diaryl/α,β-unsaturated/α-hetero) is 2. The Morgan fingerprint density at radius 3 is 2.26 bits per heavy atom.